The molecule has 1 aliphatic heterocycles. The Balaban J connectivity index is 1.88. The molecule has 0 bridgehead atoms. The third-order valence-electron chi connectivity index (χ3n) is 5.13. The normalized spacial score (nSPS) is 18.3. The molecule has 1 aromatic heterocycles. The number of ether oxygens (including phenoxy) is 1. The highest BCUT2D eigenvalue weighted by atomic mass is 16.5. The van der Waals surface area contributed by atoms with Crippen LogP contribution in [0.1, 0.15) is 35.3 Å². The molecule has 2 aromatic rings. The van der Waals surface area contributed by atoms with E-state index in [4.69, 9.17) is 4.74 Å². The third kappa shape index (κ3) is 3.76. The summed E-state index contributed by atoms with van der Waals surface area (Å²) < 4.78 is 5.28. The van der Waals surface area contributed by atoms with Crippen molar-refractivity contribution in [2.24, 2.45) is 0 Å². The van der Waals surface area contributed by atoms with Crippen LogP contribution in [0.3, 0.4) is 0 Å². The Morgan fingerprint density at radius 2 is 2.16 bits per heavy atom. The van der Waals surface area contributed by atoms with Crippen molar-refractivity contribution in [3.63, 3.8) is 0 Å². The van der Waals surface area contributed by atoms with Crippen LogP contribution in [0.2, 0.25) is 0 Å². The number of amides is 1. The van der Waals surface area contributed by atoms with E-state index >= 15 is 0 Å². The van der Waals surface area contributed by atoms with Crippen molar-refractivity contribution in [2.45, 2.75) is 32.2 Å². The SMILES string of the molecule is COc1ccc2c(C(=O)N(C)C[C@@H]3CCCCN3C)cc(C)nc2c1. The molecule has 0 saturated carbocycles. The van der Waals surface area contributed by atoms with Gasteiger partial charge in [-0.05, 0) is 51.6 Å². The predicted molar refractivity (Wildman–Crippen MR) is 100 cm³/mol. The molecule has 5 heteroatoms. The van der Waals surface area contributed by atoms with Gasteiger partial charge in [0.1, 0.15) is 5.75 Å². The molecule has 134 valence electrons. The number of piperidine rings is 1. The van der Waals surface area contributed by atoms with Gasteiger partial charge in [0.15, 0.2) is 0 Å². The van der Waals surface area contributed by atoms with E-state index < -0.39 is 0 Å². The molecule has 0 spiro atoms. The highest BCUT2D eigenvalue weighted by molar-refractivity contribution is 6.06. The topological polar surface area (TPSA) is 45.7 Å². The summed E-state index contributed by atoms with van der Waals surface area (Å²) in [4.78, 5) is 21.9. The first-order valence-corrected chi connectivity index (χ1v) is 8.90. The Morgan fingerprint density at radius 3 is 2.88 bits per heavy atom. The summed E-state index contributed by atoms with van der Waals surface area (Å²) in [7, 11) is 5.69. The van der Waals surface area contributed by atoms with Gasteiger partial charge in [-0.1, -0.05) is 6.42 Å². The third-order valence-corrected chi connectivity index (χ3v) is 5.13. The summed E-state index contributed by atoms with van der Waals surface area (Å²) in [6, 6.07) is 8.02. The number of carbonyl (C=O) groups excluding carboxylic acids is 1. The first-order valence-electron chi connectivity index (χ1n) is 8.90. The molecule has 1 saturated heterocycles. The van der Waals surface area contributed by atoms with Crippen LogP contribution in [-0.2, 0) is 0 Å². The van der Waals surface area contributed by atoms with E-state index in [0.29, 0.717) is 11.6 Å². The molecule has 0 unspecified atom stereocenters. The van der Waals surface area contributed by atoms with Gasteiger partial charge >= 0.3 is 0 Å². The maximum Gasteiger partial charge on any atom is 0.254 e. The number of likely N-dealkylation sites (tertiary alicyclic amines) is 1. The number of hydrogen-bond donors (Lipinski definition) is 0. The average molecular weight is 341 g/mol. The first kappa shape index (κ1) is 17.7. The molecular formula is C20H27N3O2. The molecule has 1 fully saturated rings. The Kier molecular flexibility index (Phi) is 5.23. The van der Waals surface area contributed by atoms with E-state index in [2.05, 4.69) is 16.9 Å². The standard InChI is InChI=1S/C20H27N3O2/c1-14-11-18(17-9-8-16(25-4)12-19(17)21-14)20(24)23(3)13-15-7-5-6-10-22(15)2/h8-9,11-12,15H,5-7,10,13H2,1-4H3/t15-/m0/s1. The van der Waals surface area contributed by atoms with Crippen molar-refractivity contribution in [2.75, 3.05) is 34.3 Å². The molecule has 5 nitrogen and oxygen atoms in total. The van der Waals surface area contributed by atoms with Crippen molar-refractivity contribution < 1.29 is 9.53 Å². The Morgan fingerprint density at radius 1 is 1.36 bits per heavy atom. The lowest BCUT2D eigenvalue weighted by Crippen LogP contribution is -2.45. The number of benzene rings is 1. The van der Waals surface area contributed by atoms with Crippen molar-refractivity contribution in [3.8, 4) is 5.75 Å². The Bertz CT molecular complexity index is 775. The number of likely N-dealkylation sites (N-methyl/N-ethyl adjacent to an activating group) is 2. The number of hydrogen-bond acceptors (Lipinski definition) is 4. The van der Waals surface area contributed by atoms with Crippen LogP contribution in [0.4, 0.5) is 0 Å². The minimum atomic E-state index is 0.0552. The molecule has 1 atom stereocenters. The van der Waals surface area contributed by atoms with Gasteiger partial charge in [0.25, 0.3) is 5.91 Å². The minimum absolute atomic E-state index is 0.0552. The molecule has 1 aliphatic rings. The second kappa shape index (κ2) is 7.40. The molecule has 3 rings (SSSR count). The van der Waals surface area contributed by atoms with Crippen LogP contribution in [0.25, 0.3) is 10.9 Å². The Hall–Kier alpha value is -2.14. The molecule has 0 radical (unpaired) electrons. The second-order valence-corrected chi connectivity index (χ2v) is 7.01. The lowest BCUT2D eigenvalue weighted by molar-refractivity contribution is 0.0718. The van der Waals surface area contributed by atoms with Crippen LogP contribution in [0.5, 0.6) is 5.75 Å². The van der Waals surface area contributed by atoms with Crippen LogP contribution in [0, 0.1) is 6.92 Å². The number of aryl methyl sites for hydroxylation is 1. The molecule has 0 aliphatic carbocycles. The number of rotatable bonds is 4. The van der Waals surface area contributed by atoms with E-state index in [9.17, 15) is 4.79 Å². The van der Waals surface area contributed by atoms with Gasteiger partial charge in [0.2, 0.25) is 0 Å². The maximum atomic E-state index is 13.1. The fraction of sp³-hybridized carbons (Fsp3) is 0.500. The van der Waals surface area contributed by atoms with Crippen LogP contribution >= 0.6 is 0 Å². The molecular weight excluding hydrogens is 314 g/mol. The smallest absolute Gasteiger partial charge is 0.254 e. The summed E-state index contributed by atoms with van der Waals surface area (Å²) in [5.74, 6) is 0.806. The molecule has 25 heavy (non-hydrogen) atoms. The van der Waals surface area contributed by atoms with Crippen molar-refractivity contribution in [1.29, 1.82) is 0 Å². The predicted octanol–water partition coefficient (Wildman–Crippen LogP) is 3.11. The minimum Gasteiger partial charge on any atom is -0.497 e. The molecule has 2 heterocycles. The maximum absolute atomic E-state index is 13.1. The monoisotopic (exact) mass is 341 g/mol. The number of carbonyl (C=O) groups is 1. The largest absolute Gasteiger partial charge is 0.497 e. The first-order chi connectivity index (χ1) is 12.0. The average Bonchev–Trinajstić information content (AvgIpc) is 2.61. The number of pyridine rings is 1. The van der Waals surface area contributed by atoms with E-state index in [1.54, 1.807) is 7.11 Å². The zero-order valence-corrected chi connectivity index (χ0v) is 15.6. The molecule has 1 aromatic carbocycles. The van der Waals surface area contributed by atoms with E-state index in [1.807, 2.05) is 43.1 Å². The van der Waals surface area contributed by atoms with Gasteiger partial charge in [0, 0.05) is 36.8 Å². The number of nitrogens with zero attached hydrogens (tertiary/aromatic N) is 3. The van der Waals surface area contributed by atoms with Gasteiger partial charge in [-0.3, -0.25) is 9.78 Å². The van der Waals surface area contributed by atoms with Gasteiger partial charge < -0.3 is 14.5 Å². The fourth-order valence-corrected chi connectivity index (χ4v) is 3.62. The van der Waals surface area contributed by atoms with Crippen LogP contribution < -0.4 is 4.74 Å². The van der Waals surface area contributed by atoms with Gasteiger partial charge in [0.05, 0.1) is 18.2 Å². The lowest BCUT2D eigenvalue weighted by Gasteiger charge is -2.35. The van der Waals surface area contributed by atoms with Crippen LogP contribution in [-0.4, -0.2) is 61.0 Å². The summed E-state index contributed by atoms with van der Waals surface area (Å²) in [6.07, 6.45) is 3.65. The summed E-state index contributed by atoms with van der Waals surface area (Å²) in [5.41, 5.74) is 2.35. The number of aromatic nitrogens is 1. The quantitative estimate of drug-likeness (QED) is 0.857. The van der Waals surface area contributed by atoms with E-state index in [-0.39, 0.29) is 5.91 Å². The molecule has 1 amide bonds. The highest BCUT2D eigenvalue weighted by Crippen LogP contribution is 2.25. The fourth-order valence-electron chi connectivity index (χ4n) is 3.62. The highest BCUT2D eigenvalue weighted by Gasteiger charge is 2.24. The van der Waals surface area contributed by atoms with E-state index in [1.165, 1.54) is 12.8 Å². The van der Waals surface area contributed by atoms with Gasteiger partial charge in [-0.15, -0.1) is 0 Å². The van der Waals surface area contributed by atoms with Crippen molar-refractivity contribution >= 4 is 16.8 Å². The summed E-state index contributed by atoms with van der Waals surface area (Å²) in [6.45, 7) is 3.79. The Labute approximate surface area is 149 Å². The summed E-state index contributed by atoms with van der Waals surface area (Å²) in [5, 5.41) is 0.875. The number of fused-ring (bicyclic) bond motifs is 1. The zero-order chi connectivity index (χ0) is 18.0. The number of methoxy groups -OCH3 is 1. The van der Waals surface area contributed by atoms with Crippen LogP contribution in [0.15, 0.2) is 24.3 Å². The van der Waals surface area contributed by atoms with Crippen molar-refractivity contribution in [3.05, 3.63) is 35.5 Å². The van der Waals surface area contributed by atoms with Gasteiger partial charge in [-0.2, -0.15) is 0 Å². The summed E-state index contributed by atoms with van der Waals surface area (Å²) >= 11 is 0. The van der Waals surface area contributed by atoms with E-state index in [0.717, 1.165) is 41.9 Å². The lowest BCUT2D eigenvalue weighted by atomic mass is 10.0. The zero-order valence-electron chi connectivity index (χ0n) is 15.6. The molecule has 0 N–H and O–H groups in total. The van der Waals surface area contributed by atoms with Crippen molar-refractivity contribution in [1.82, 2.24) is 14.8 Å². The second-order valence-electron chi connectivity index (χ2n) is 7.01. The van der Waals surface area contributed by atoms with Gasteiger partial charge in [-0.25, -0.2) is 0 Å².